The van der Waals surface area contributed by atoms with Crippen molar-refractivity contribution in [3.63, 3.8) is 0 Å². The lowest BCUT2D eigenvalue weighted by molar-refractivity contribution is -0.114. The van der Waals surface area contributed by atoms with E-state index < -0.39 is 9.84 Å². The van der Waals surface area contributed by atoms with Crippen LogP contribution < -0.4 is 10.6 Å². The third-order valence-corrected chi connectivity index (χ3v) is 8.76. The summed E-state index contributed by atoms with van der Waals surface area (Å²) >= 11 is 2.48. The van der Waals surface area contributed by atoms with Gasteiger partial charge >= 0.3 is 0 Å². The summed E-state index contributed by atoms with van der Waals surface area (Å²) in [7, 11) is -0.222. The molecule has 0 spiro atoms. The zero-order chi connectivity index (χ0) is 26.4. The number of aromatic nitrogens is 6. The molecule has 0 bridgehead atoms. The van der Waals surface area contributed by atoms with Crippen LogP contribution >= 0.6 is 23.5 Å². The first-order chi connectivity index (χ1) is 17.7. The Labute approximate surface area is 221 Å². The van der Waals surface area contributed by atoms with Crippen LogP contribution in [0.2, 0.25) is 0 Å². The van der Waals surface area contributed by atoms with Crippen LogP contribution in [0.15, 0.2) is 81.3 Å². The smallest absolute Gasteiger partial charge is 0.234 e. The van der Waals surface area contributed by atoms with E-state index in [0.717, 1.165) is 0 Å². The van der Waals surface area contributed by atoms with E-state index in [1.807, 2.05) is 0 Å². The van der Waals surface area contributed by atoms with Crippen molar-refractivity contribution in [3.8, 4) is 0 Å². The number of carbonyl (C=O) groups is 2. The van der Waals surface area contributed by atoms with E-state index >= 15 is 0 Å². The molecule has 0 saturated carbocycles. The average Bonchev–Trinajstić information content (AvgIpc) is 3.49. The summed E-state index contributed by atoms with van der Waals surface area (Å²) in [5.74, 6) is -0.240. The maximum absolute atomic E-state index is 13.0. The van der Waals surface area contributed by atoms with Crippen molar-refractivity contribution < 1.29 is 18.0 Å². The van der Waals surface area contributed by atoms with Crippen molar-refractivity contribution in [3.05, 3.63) is 61.2 Å². The van der Waals surface area contributed by atoms with Crippen LogP contribution in [0.25, 0.3) is 0 Å². The Hall–Kier alpha value is -3.69. The molecule has 37 heavy (non-hydrogen) atoms. The number of nitrogens with one attached hydrogen (secondary N) is 2. The van der Waals surface area contributed by atoms with Crippen LogP contribution in [0.1, 0.15) is 0 Å². The fraction of sp³-hybridized carbons (Fsp3) is 0.182. The fourth-order valence-electron chi connectivity index (χ4n) is 3.03. The maximum atomic E-state index is 13.0. The first-order valence-corrected chi connectivity index (χ1v) is 14.2. The predicted octanol–water partition coefficient (Wildman–Crippen LogP) is 2.24. The Kier molecular flexibility index (Phi) is 8.25. The SMILES string of the molecule is Cn1cnnc1SCC(=O)Nc1ccc(S(=O)(=O)c2ccc(NC(=O)CSc3nncn3C)cc2)cc1. The molecule has 2 heterocycles. The van der Waals surface area contributed by atoms with Gasteiger partial charge in [-0.05, 0) is 48.5 Å². The number of nitrogens with zero attached hydrogens (tertiary/aromatic N) is 6. The van der Waals surface area contributed by atoms with Gasteiger partial charge in [0.15, 0.2) is 10.3 Å². The minimum Gasteiger partial charge on any atom is -0.325 e. The molecule has 2 aromatic heterocycles. The summed E-state index contributed by atoms with van der Waals surface area (Å²) in [4.78, 5) is 24.6. The molecular formula is C22H22N8O4S3. The second-order valence-electron chi connectivity index (χ2n) is 7.67. The van der Waals surface area contributed by atoms with Crippen molar-refractivity contribution in [2.24, 2.45) is 14.1 Å². The first-order valence-electron chi connectivity index (χ1n) is 10.7. The minimum absolute atomic E-state index is 0.0795. The highest BCUT2D eigenvalue weighted by Gasteiger charge is 2.18. The van der Waals surface area contributed by atoms with Gasteiger partial charge in [-0.3, -0.25) is 9.59 Å². The molecule has 192 valence electrons. The molecule has 0 radical (unpaired) electrons. The van der Waals surface area contributed by atoms with E-state index in [2.05, 4.69) is 31.0 Å². The van der Waals surface area contributed by atoms with Crippen LogP contribution in [0.5, 0.6) is 0 Å². The number of hydrogen-bond acceptors (Lipinski definition) is 10. The molecule has 0 fully saturated rings. The normalized spacial score (nSPS) is 11.3. The molecule has 0 aliphatic carbocycles. The zero-order valence-electron chi connectivity index (χ0n) is 19.7. The molecule has 0 unspecified atom stereocenters. The summed E-state index contributed by atoms with van der Waals surface area (Å²) in [5, 5.41) is 22.0. The zero-order valence-corrected chi connectivity index (χ0v) is 22.2. The molecule has 4 rings (SSSR count). The molecule has 12 nitrogen and oxygen atoms in total. The lowest BCUT2D eigenvalue weighted by atomic mass is 10.3. The molecule has 15 heteroatoms. The maximum Gasteiger partial charge on any atom is 0.234 e. The molecule has 0 atom stereocenters. The van der Waals surface area contributed by atoms with Gasteiger partial charge in [0.2, 0.25) is 21.7 Å². The second kappa shape index (κ2) is 11.6. The first kappa shape index (κ1) is 26.4. The number of thioether (sulfide) groups is 2. The largest absolute Gasteiger partial charge is 0.325 e. The van der Waals surface area contributed by atoms with Crippen LogP contribution in [0.4, 0.5) is 11.4 Å². The lowest BCUT2D eigenvalue weighted by Gasteiger charge is -2.09. The van der Waals surface area contributed by atoms with Crippen molar-refractivity contribution in [1.82, 2.24) is 29.5 Å². The van der Waals surface area contributed by atoms with Crippen molar-refractivity contribution in [1.29, 1.82) is 0 Å². The van der Waals surface area contributed by atoms with Crippen molar-refractivity contribution in [2.75, 3.05) is 22.1 Å². The van der Waals surface area contributed by atoms with Crippen molar-refractivity contribution in [2.45, 2.75) is 20.1 Å². The molecule has 0 saturated heterocycles. The van der Waals surface area contributed by atoms with Crippen LogP contribution in [0.3, 0.4) is 0 Å². The molecule has 0 aliphatic heterocycles. The van der Waals surface area contributed by atoms with Gasteiger partial charge in [0.25, 0.3) is 0 Å². The van der Waals surface area contributed by atoms with Crippen molar-refractivity contribution >= 4 is 56.6 Å². The fourth-order valence-corrected chi connectivity index (χ4v) is 5.67. The Bertz CT molecular complexity index is 1390. The van der Waals surface area contributed by atoms with Gasteiger partial charge in [-0.15, -0.1) is 20.4 Å². The monoisotopic (exact) mass is 558 g/mol. The summed E-state index contributed by atoms with van der Waals surface area (Å²) in [6.45, 7) is 0. The Morgan fingerprint density at radius 3 is 1.43 bits per heavy atom. The molecule has 2 amide bonds. The number of rotatable bonds is 10. The number of hydrogen-bond donors (Lipinski definition) is 2. The number of anilines is 2. The van der Waals surface area contributed by atoms with E-state index in [0.29, 0.717) is 21.7 Å². The number of sulfone groups is 1. The molecule has 4 aromatic rings. The lowest BCUT2D eigenvalue weighted by Crippen LogP contribution is -2.15. The average molecular weight is 559 g/mol. The number of benzene rings is 2. The van der Waals surface area contributed by atoms with E-state index in [1.165, 1.54) is 72.1 Å². The number of amides is 2. The quantitative estimate of drug-likeness (QED) is 0.277. The van der Waals surface area contributed by atoms with Gasteiger partial charge in [0, 0.05) is 25.5 Å². The molecule has 2 N–H and O–H groups in total. The summed E-state index contributed by atoms with van der Waals surface area (Å²) in [6, 6.07) is 11.8. The highest BCUT2D eigenvalue weighted by Crippen LogP contribution is 2.24. The molecule has 0 aliphatic rings. The third kappa shape index (κ3) is 6.75. The van der Waals surface area contributed by atoms with E-state index in [4.69, 9.17) is 0 Å². The summed E-state index contributed by atoms with van der Waals surface area (Å²) in [5.41, 5.74) is 0.944. The Morgan fingerprint density at radius 2 is 1.11 bits per heavy atom. The number of aryl methyl sites for hydroxylation is 2. The van der Waals surface area contributed by atoms with E-state index in [9.17, 15) is 18.0 Å². The molecule has 2 aromatic carbocycles. The second-order valence-corrected chi connectivity index (χ2v) is 11.5. The Balaban J connectivity index is 1.32. The van der Waals surface area contributed by atoms with Gasteiger partial charge in [0.05, 0.1) is 21.3 Å². The summed E-state index contributed by atoms with van der Waals surface area (Å²) < 4.78 is 29.5. The number of carbonyl (C=O) groups excluding carboxylic acids is 2. The van der Waals surface area contributed by atoms with Gasteiger partial charge in [-0.1, -0.05) is 23.5 Å². The third-order valence-electron chi connectivity index (χ3n) is 4.90. The highest BCUT2D eigenvalue weighted by atomic mass is 32.2. The van der Waals surface area contributed by atoms with Gasteiger partial charge < -0.3 is 19.8 Å². The van der Waals surface area contributed by atoms with E-state index in [1.54, 1.807) is 35.9 Å². The topological polar surface area (TPSA) is 154 Å². The van der Waals surface area contributed by atoms with E-state index in [-0.39, 0.29) is 33.1 Å². The van der Waals surface area contributed by atoms with Gasteiger partial charge in [0.1, 0.15) is 12.7 Å². The van der Waals surface area contributed by atoms with Crippen LogP contribution in [0, 0.1) is 0 Å². The predicted molar refractivity (Wildman–Crippen MR) is 139 cm³/mol. The van der Waals surface area contributed by atoms with Gasteiger partial charge in [-0.2, -0.15) is 0 Å². The van der Waals surface area contributed by atoms with Gasteiger partial charge in [-0.25, -0.2) is 8.42 Å². The highest BCUT2D eigenvalue weighted by molar-refractivity contribution is 8.00. The van der Waals surface area contributed by atoms with Crippen LogP contribution in [-0.4, -0.2) is 61.3 Å². The van der Waals surface area contributed by atoms with Crippen LogP contribution in [-0.2, 0) is 33.5 Å². The minimum atomic E-state index is -3.79. The summed E-state index contributed by atoms with van der Waals surface area (Å²) in [6.07, 6.45) is 3.09. The Morgan fingerprint density at radius 1 is 0.730 bits per heavy atom. The standard InChI is InChI=1S/C22H22N8O4S3/c1-29-13-23-27-21(29)35-11-19(31)25-15-3-7-17(8-4-15)37(33,34)18-9-5-16(6-10-18)26-20(32)12-36-22-28-24-14-30(22)2/h3-10,13-14H,11-12H2,1-2H3,(H,25,31)(H,26,32). The molecular weight excluding hydrogens is 536 g/mol.